The maximum absolute atomic E-state index is 12.9. The van der Waals surface area contributed by atoms with Gasteiger partial charge in [-0.1, -0.05) is 0 Å². The summed E-state index contributed by atoms with van der Waals surface area (Å²) in [5.41, 5.74) is 0. The second-order valence-corrected chi connectivity index (χ2v) is 6.49. The number of nitrogens with zero attached hydrogens (tertiary/aromatic N) is 3. The van der Waals surface area contributed by atoms with Crippen molar-refractivity contribution in [2.75, 3.05) is 19.7 Å². The molecule has 2 aromatic rings. The van der Waals surface area contributed by atoms with E-state index in [2.05, 4.69) is 5.10 Å². The van der Waals surface area contributed by atoms with E-state index in [9.17, 15) is 9.18 Å². The molecule has 1 saturated heterocycles. The fourth-order valence-electron chi connectivity index (χ4n) is 3.16. The van der Waals surface area contributed by atoms with E-state index >= 15 is 0 Å². The fraction of sp³-hybridized carbons (Fsp3) is 0.474. The monoisotopic (exact) mass is 345 g/mol. The van der Waals surface area contributed by atoms with Gasteiger partial charge < -0.3 is 9.64 Å². The molecule has 1 atom stereocenters. The van der Waals surface area contributed by atoms with Gasteiger partial charge in [-0.2, -0.15) is 5.10 Å². The number of piperidine rings is 1. The highest BCUT2D eigenvalue weighted by molar-refractivity contribution is 5.76. The SMILES string of the molecule is O=C(CCCn1cccn1)N1CCC[C@H](COc2ccc(F)cc2)C1. The minimum absolute atomic E-state index is 0.207. The van der Waals surface area contributed by atoms with E-state index in [1.165, 1.54) is 12.1 Å². The Hall–Kier alpha value is -2.37. The molecule has 2 heterocycles. The highest BCUT2D eigenvalue weighted by Gasteiger charge is 2.23. The highest BCUT2D eigenvalue weighted by atomic mass is 19.1. The Morgan fingerprint density at radius 2 is 2.16 bits per heavy atom. The molecule has 6 heteroatoms. The summed E-state index contributed by atoms with van der Waals surface area (Å²) in [5, 5.41) is 4.15. The first kappa shape index (κ1) is 17.5. The van der Waals surface area contributed by atoms with Crippen LogP contribution in [0.4, 0.5) is 4.39 Å². The van der Waals surface area contributed by atoms with E-state index in [0.717, 1.165) is 38.9 Å². The van der Waals surface area contributed by atoms with Gasteiger partial charge in [0.2, 0.25) is 5.91 Å². The molecule has 0 unspecified atom stereocenters. The van der Waals surface area contributed by atoms with E-state index in [1.54, 1.807) is 18.3 Å². The Labute approximate surface area is 147 Å². The summed E-state index contributed by atoms with van der Waals surface area (Å²) < 4.78 is 20.5. The van der Waals surface area contributed by atoms with Crippen molar-refractivity contribution in [1.82, 2.24) is 14.7 Å². The lowest BCUT2D eigenvalue weighted by Gasteiger charge is -2.32. The summed E-state index contributed by atoms with van der Waals surface area (Å²) in [6, 6.07) is 7.95. The zero-order chi connectivity index (χ0) is 17.5. The number of ether oxygens (including phenoxy) is 1. The van der Waals surface area contributed by atoms with Crippen molar-refractivity contribution in [1.29, 1.82) is 0 Å². The zero-order valence-corrected chi connectivity index (χ0v) is 14.3. The molecule has 1 aliphatic rings. The number of benzene rings is 1. The van der Waals surface area contributed by atoms with Crippen LogP contribution in [0.25, 0.3) is 0 Å². The second-order valence-electron chi connectivity index (χ2n) is 6.49. The molecular weight excluding hydrogens is 321 g/mol. The molecule has 1 fully saturated rings. The smallest absolute Gasteiger partial charge is 0.222 e. The Morgan fingerprint density at radius 1 is 1.32 bits per heavy atom. The third-order valence-corrected chi connectivity index (χ3v) is 4.51. The van der Waals surface area contributed by atoms with Gasteiger partial charge in [0.15, 0.2) is 0 Å². The molecule has 1 amide bonds. The lowest BCUT2D eigenvalue weighted by molar-refractivity contribution is -0.133. The highest BCUT2D eigenvalue weighted by Crippen LogP contribution is 2.20. The minimum Gasteiger partial charge on any atom is -0.493 e. The van der Waals surface area contributed by atoms with Crippen LogP contribution < -0.4 is 4.74 Å². The van der Waals surface area contributed by atoms with Crippen molar-refractivity contribution in [2.45, 2.75) is 32.2 Å². The molecule has 5 nitrogen and oxygen atoms in total. The van der Waals surface area contributed by atoms with Gasteiger partial charge in [0, 0.05) is 44.4 Å². The van der Waals surface area contributed by atoms with Gasteiger partial charge in [-0.15, -0.1) is 0 Å². The predicted molar refractivity (Wildman–Crippen MR) is 92.7 cm³/mol. The molecule has 0 N–H and O–H groups in total. The van der Waals surface area contributed by atoms with Gasteiger partial charge in [-0.05, 0) is 49.6 Å². The first-order valence-electron chi connectivity index (χ1n) is 8.84. The lowest BCUT2D eigenvalue weighted by Crippen LogP contribution is -2.41. The van der Waals surface area contributed by atoms with Crippen LogP contribution in [0.15, 0.2) is 42.7 Å². The van der Waals surface area contributed by atoms with Crippen LogP contribution >= 0.6 is 0 Å². The average molecular weight is 345 g/mol. The van der Waals surface area contributed by atoms with Crippen LogP contribution in [0.5, 0.6) is 5.75 Å². The number of rotatable bonds is 7. The Bertz CT molecular complexity index is 658. The van der Waals surface area contributed by atoms with Gasteiger partial charge in [0.1, 0.15) is 11.6 Å². The largest absolute Gasteiger partial charge is 0.493 e. The summed E-state index contributed by atoms with van der Waals surface area (Å²) >= 11 is 0. The molecule has 134 valence electrons. The molecule has 0 spiro atoms. The number of likely N-dealkylation sites (tertiary alicyclic amines) is 1. The number of halogens is 1. The molecule has 0 saturated carbocycles. The number of hydrogen-bond acceptors (Lipinski definition) is 3. The van der Waals surface area contributed by atoms with E-state index in [-0.39, 0.29) is 11.7 Å². The van der Waals surface area contributed by atoms with Crippen molar-refractivity contribution in [3.05, 3.63) is 48.5 Å². The molecule has 0 bridgehead atoms. The van der Waals surface area contributed by atoms with Gasteiger partial charge in [0.25, 0.3) is 0 Å². The van der Waals surface area contributed by atoms with E-state index in [4.69, 9.17) is 4.74 Å². The number of amides is 1. The zero-order valence-electron chi connectivity index (χ0n) is 14.3. The van der Waals surface area contributed by atoms with Gasteiger partial charge in [-0.25, -0.2) is 4.39 Å². The van der Waals surface area contributed by atoms with Gasteiger partial charge in [0.05, 0.1) is 6.61 Å². The summed E-state index contributed by atoms with van der Waals surface area (Å²) in [7, 11) is 0. The Kier molecular flexibility index (Phi) is 6.04. The minimum atomic E-state index is -0.267. The Morgan fingerprint density at radius 3 is 2.92 bits per heavy atom. The predicted octanol–water partition coefficient (Wildman–Crippen LogP) is 3.12. The van der Waals surface area contributed by atoms with E-state index in [0.29, 0.717) is 24.7 Å². The second kappa shape index (κ2) is 8.65. The molecule has 1 aliphatic heterocycles. The number of aryl methyl sites for hydroxylation is 1. The summed E-state index contributed by atoms with van der Waals surface area (Å²) in [6.45, 7) is 2.89. The van der Waals surface area contributed by atoms with Crippen LogP contribution in [-0.4, -0.2) is 40.3 Å². The van der Waals surface area contributed by atoms with Gasteiger partial charge in [-0.3, -0.25) is 9.48 Å². The first-order valence-corrected chi connectivity index (χ1v) is 8.84. The van der Waals surface area contributed by atoms with Crippen LogP contribution in [0.1, 0.15) is 25.7 Å². The molecular formula is C19H24FN3O2. The van der Waals surface area contributed by atoms with E-state index < -0.39 is 0 Å². The van der Waals surface area contributed by atoms with Crippen molar-refractivity contribution < 1.29 is 13.9 Å². The molecule has 0 aliphatic carbocycles. The lowest BCUT2D eigenvalue weighted by atomic mass is 9.98. The third-order valence-electron chi connectivity index (χ3n) is 4.51. The fourth-order valence-corrected chi connectivity index (χ4v) is 3.16. The molecule has 3 rings (SSSR count). The molecule has 1 aromatic carbocycles. The third kappa shape index (κ3) is 5.31. The summed E-state index contributed by atoms with van der Waals surface area (Å²) in [4.78, 5) is 14.3. The van der Waals surface area contributed by atoms with E-state index in [1.807, 2.05) is 21.8 Å². The van der Waals surface area contributed by atoms with Crippen molar-refractivity contribution >= 4 is 5.91 Å². The van der Waals surface area contributed by atoms with Gasteiger partial charge >= 0.3 is 0 Å². The first-order chi connectivity index (χ1) is 12.2. The number of carbonyl (C=O) groups excluding carboxylic acids is 1. The molecule has 25 heavy (non-hydrogen) atoms. The summed E-state index contributed by atoms with van der Waals surface area (Å²) in [5.74, 6) is 0.938. The Balaban J connectivity index is 1.40. The maximum atomic E-state index is 12.9. The summed E-state index contributed by atoms with van der Waals surface area (Å²) in [6.07, 6.45) is 7.06. The molecule has 0 radical (unpaired) electrons. The normalized spacial score (nSPS) is 17.5. The van der Waals surface area contributed by atoms with Crippen LogP contribution in [0, 0.1) is 11.7 Å². The van der Waals surface area contributed by atoms with Crippen molar-refractivity contribution in [3.8, 4) is 5.75 Å². The average Bonchev–Trinajstić information content (AvgIpc) is 3.15. The maximum Gasteiger partial charge on any atom is 0.222 e. The van der Waals surface area contributed by atoms with Crippen LogP contribution in [0.3, 0.4) is 0 Å². The van der Waals surface area contributed by atoms with Crippen LogP contribution in [-0.2, 0) is 11.3 Å². The number of aromatic nitrogens is 2. The standard InChI is InChI=1S/C19H24FN3O2/c20-17-6-8-18(9-7-17)25-15-16-4-1-11-22(14-16)19(24)5-2-12-23-13-3-10-21-23/h3,6-10,13,16H,1-2,4-5,11-12,14-15H2/t16-/m0/s1. The number of carbonyl (C=O) groups is 1. The van der Waals surface area contributed by atoms with Crippen LogP contribution in [0.2, 0.25) is 0 Å². The van der Waals surface area contributed by atoms with Crippen molar-refractivity contribution in [2.24, 2.45) is 5.92 Å². The van der Waals surface area contributed by atoms with Crippen molar-refractivity contribution in [3.63, 3.8) is 0 Å². The molecule has 1 aromatic heterocycles. The quantitative estimate of drug-likeness (QED) is 0.775. The topological polar surface area (TPSA) is 47.4 Å². The number of hydrogen-bond donors (Lipinski definition) is 0.